The first-order valence-corrected chi connectivity index (χ1v) is 12.7. The van der Waals surface area contributed by atoms with Gasteiger partial charge in [0, 0.05) is 0 Å². The lowest BCUT2D eigenvalue weighted by atomic mass is 9.81. The van der Waals surface area contributed by atoms with Crippen LogP contribution in [0.1, 0.15) is 38.7 Å². The average Bonchev–Trinajstić information content (AvgIpc) is 2.95. The smallest absolute Gasteiger partial charge is 0.335 e. The van der Waals surface area contributed by atoms with Crippen LogP contribution in [-0.4, -0.2) is 74.7 Å². The predicted octanol–water partition coefficient (Wildman–Crippen LogP) is 3.47. The second-order valence-electron chi connectivity index (χ2n) is 8.83. The Bertz CT molecular complexity index is 1260. The predicted molar refractivity (Wildman–Crippen MR) is 143 cm³/mol. The van der Waals surface area contributed by atoms with Crippen molar-refractivity contribution >= 4 is 17.4 Å². The van der Waals surface area contributed by atoms with Crippen molar-refractivity contribution in [2.75, 3.05) is 58.3 Å². The second-order valence-corrected chi connectivity index (χ2v) is 8.83. The minimum Gasteiger partial charge on any atom is -0.490 e. The van der Waals surface area contributed by atoms with Crippen LogP contribution >= 0.6 is 0 Å². The summed E-state index contributed by atoms with van der Waals surface area (Å²) in [7, 11) is 0. The molecule has 3 aromatic rings. The molecule has 39 heavy (non-hydrogen) atoms. The van der Waals surface area contributed by atoms with Gasteiger partial charge in [-0.3, -0.25) is 5.43 Å². The zero-order valence-electron chi connectivity index (χ0n) is 21.3. The van der Waals surface area contributed by atoms with Crippen LogP contribution in [0.5, 0.6) is 11.5 Å². The number of carboxylic acid groups (broad SMARTS) is 1. The third-order valence-electron chi connectivity index (χ3n) is 6.32. The Kier molecular flexibility index (Phi) is 8.69. The van der Waals surface area contributed by atoms with Gasteiger partial charge in [0.1, 0.15) is 36.5 Å². The molecular formula is C29H30N2O8. The van der Waals surface area contributed by atoms with E-state index in [0.29, 0.717) is 84.8 Å². The molecule has 1 aliphatic heterocycles. The maximum atomic E-state index is 11.4. The topological polar surface area (TPSA) is 128 Å². The molecule has 10 nitrogen and oxygen atoms in total. The third-order valence-corrected chi connectivity index (χ3v) is 6.32. The van der Waals surface area contributed by atoms with Crippen molar-refractivity contribution in [1.82, 2.24) is 0 Å². The normalized spacial score (nSPS) is 18.1. The van der Waals surface area contributed by atoms with Gasteiger partial charge in [-0.05, 0) is 47.5 Å². The molecule has 2 bridgehead atoms. The van der Waals surface area contributed by atoms with Crippen LogP contribution in [0, 0.1) is 0 Å². The van der Waals surface area contributed by atoms with Gasteiger partial charge in [-0.15, -0.1) is 0 Å². The molecule has 0 unspecified atom stereocenters. The van der Waals surface area contributed by atoms with Crippen LogP contribution in [0.25, 0.3) is 0 Å². The van der Waals surface area contributed by atoms with Crippen molar-refractivity contribution < 1.29 is 38.7 Å². The number of aliphatic hydroxyl groups excluding tert-OH is 1. The monoisotopic (exact) mass is 534 g/mol. The number of aliphatic hydroxyl groups is 1. The van der Waals surface area contributed by atoms with Crippen LogP contribution in [-0.2, 0) is 14.2 Å². The molecule has 5 rings (SSSR count). The van der Waals surface area contributed by atoms with E-state index in [4.69, 9.17) is 28.8 Å². The van der Waals surface area contributed by atoms with Crippen molar-refractivity contribution in [3.8, 4) is 11.5 Å². The fourth-order valence-corrected chi connectivity index (χ4v) is 4.47. The molecule has 0 radical (unpaired) electrons. The number of hydrogen-bond acceptors (Lipinski definition) is 9. The van der Waals surface area contributed by atoms with Crippen LogP contribution < -0.4 is 14.9 Å². The highest BCUT2D eigenvalue weighted by molar-refractivity contribution is 6.19. The lowest BCUT2D eigenvalue weighted by molar-refractivity contribution is 0.00488. The maximum Gasteiger partial charge on any atom is 0.335 e. The minimum atomic E-state index is -1.01. The van der Waals surface area contributed by atoms with Crippen molar-refractivity contribution in [1.29, 1.82) is 0 Å². The van der Waals surface area contributed by atoms with E-state index >= 15 is 0 Å². The summed E-state index contributed by atoms with van der Waals surface area (Å²) in [6, 6.07) is 17.3. The van der Waals surface area contributed by atoms with Gasteiger partial charge in [0.05, 0.1) is 62.0 Å². The summed E-state index contributed by atoms with van der Waals surface area (Å²) in [6.07, 6.45) is -0.925. The fraction of sp³-hybridized carbons (Fsp3) is 0.310. The van der Waals surface area contributed by atoms with Crippen LogP contribution in [0.2, 0.25) is 0 Å². The molecule has 204 valence electrons. The number of carboxylic acids is 1. The quantitative estimate of drug-likeness (QED) is 0.433. The maximum absolute atomic E-state index is 11.4. The molecule has 0 spiro atoms. The molecule has 3 N–H and O–H groups in total. The fourth-order valence-electron chi connectivity index (χ4n) is 4.47. The van der Waals surface area contributed by atoms with Gasteiger partial charge in [-0.1, -0.05) is 24.3 Å². The van der Waals surface area contributed by atoms with Gasteiger partial charge in [-0.2, -0.15) is 5.10 Å². The lowest BCUT2D eigenvalue weighted by Crippen LogP contribution is -2.24. The van der Waals surface area contributed by atoms with Gasteiger partial charge in [0.2, 0.25) is 0 Å². The Balaban J connectivity index is 1.56. The number of aromatic carboxylic acids is 1. The molecule has 10 heteroatoms. The van der Waals surface area contributed by atoms with Crippen LogP contribution in [0.3, 0.4) is 0 Å². The number of hydrogen-bond donors (Lipinski definition) is 3. The summed E-state index contributed by atoms with van der Waals surface area (Å²) in [4.78, 5) is 11.2. The number of anilines is 1. The summed E-state index contributed by atoms with van der Waals surface area (Å²) < 4.78 is 29.0. The molecule has 0 aromatic heterocycles. The van der Waals surface area contributed by atoms with E-state index in [-0.39, 0.29) is 18.8 Å². The van der Waals surface area contributed by atoms with Crippen molar-refractivity contribution in [2.24, 2.45) is 5.10 Å². The third kappa shape index (κ3) is 6.21. The first-order chi connectivity index (χ1) is 19.1. The first kappa shape index (κ1) is 26.6. The second kappa shape index (κ2) is 12.7. The highest BCUT2D eigenvalue weighted by Crippen LogP contribution is 2.42. The Labute approximate surface area is 225 Å². The molecule has 0 saturated heterocycles. The standard InChI is InChI=1S/C29H30N2O8/c32-28-21-3-1-5-23-25(21)27(31-30-20-9-7-19(8-10-20)29(33)34)26-22(28)4-2-6-24(26)39-18-16-37-14-12-35-11-13-36-15-17-38-23/h1-10,28,30,32H,11-18H2,(H,33,34). The van der Waals surface area contributed by atoms with Crippen LogP contribution in [0.15, 0.2) is 65.8 Å². The van der Waals surface area contributed by atoms with Crippen molar-refractivity contribution in [2.45, 2.75) is 6.10 Å². The number of carbonyl (C=O) groups is 1. The van der Waals surface area contributed by atoms with Crippen molar-refractivity contribution in [3.05, 3.63) is 88.5 Å². The number of rotatable bonds is 3. The van der Waals surface area contributed by atoms with Gasteiger partial charge in [-0.25, -0.2) is 4.79 Å². The molecule has 2 aliphatic rings. The number of ether oxygens (including phenoxy) is 5. The van der Waals surface area contributed by atoms with Gasteiger partial charge < -0.3 is 33.9 Å². The SMILES string of the molecule is O=C(O)c1ccc(NN=C2c3c4cccc3C(O)c3cccc(c32)OCCOCCOCCOCCO4)cc1. The summed E-state index contributed by atoms with van der Waals surface area (Å²) >= 11 is 0. The molecule has 3 aromatic carbocycles. The molecule has 0 amide bonds. The Morgan fingerprint density at radius 1 is 0.718 bits per heavy atom. The zero-order valence-corrected chi connectivity index (χ0v) is 21.3. The molecule has 0 saturated carbocycles. The highest BCUT2D eigenvalue weighted by Gasteiger charge is 2.34. The minimum absolute atomic E-state index is 0.173. The largest absolute Gasteiger partial charge is 0.490 e. The summed E-state index contributed by atoms with van der Waals surface area (Å²) in [5, 5.41) is 25.4. The first-order valence-electron chi connectivity index (χ1n) is 12.7. The Morgan fingerprint density at radius 2 is 1.21 bits per heavy atom. The molecule has 0 fully saturated rings. The van der Waals surface area contributed by atoms with E-state index in [0.717, 1.165) is 0 Å². The summed E-state index contributed by atoms with van der Waals surface area (Å²) in [6.45, 7) is 3.08. The van der Waals surface area contributed by atoms with Gasteiger partial charge in [0.15, 0.2) is 0 Å². The van der Waals surface area contributed by atoms with E-state index in [1.54, 1.807) is 12.1 Å². The zero-order chi connectivity index (χ0) is 27.0. The van der Waals surface area contributed by atoms with Gasteiger partial charge >= 0.3 is 5.97 Å². The molecular weight excluding hydrogens is 504 g/mol. The van der Waals surface area contributed by atoms with E-state index in [2.05, 4.69) is 5.43 Å². The summed E-state index contributed by atoms with van der Waals surface area (Å²) in [5.41, 5.74) is 6.88. The van der Waals surface area contributed by atoms with E-state index in [1.165, 1.54) is 12.1 Å². The van der Waals surface area contributed by atoms with E-state index in [9.17, 15) is 15.0 Å². The molecule has 1 heterocycles. The lowest BCUT2D eigenvalue weighted by Gasteiger charge is -2.29. The number of nitrogens with zero attached hydrogens (tertiary/aromatic N) is 1. The van der Waals surface area contributed by atoms with Gasteiger partial charge in [0.25, 0.3) is 0 Å². The molecule has 1 aliphatic carbocycles. The average molecular weight is 535 g/mol. The highest BCUT2D eigenvalue weighted by atomic mass is 16.6. The Hall–Kier alpha value is -3.96. The van der Waals surface area contributed by atoms with Crippen LogP contribution in [0.4, 0.5) is 5.69 Å². The Morgan fingerprint density at radius 3 is 1.69 bits per heavy atom. The number of nitrogens with one attached hydrogen (secondary N) is 1. The number of hydrazone groups is 1. The van der Waals surface area contributed by atoms with Crippen molar-refractivity contribution in [3.63, 3.8) is 0 Å². The molecule has 0 atom stereocenters. The van der Waals surface area contributed by atoms with E-state index < -0.39 is 12.1 Å². The van der Waals surface area contributed by atoms with E-state index in [1.807, 2.05) is 36.4 Å². The number of benzene rings is 3. The summed E-state index contributed by atoms with van der Waals surface area (Å²) in [5.74, 6) is 0.0724.